The van der Waals surface area contributed by atoms with Crippen molar-refractivity contribution in [2.24, 2.45) is 5.73 Å². The van der Waals surface area contributed by atoms with E-state index in [4.69, 9.17) is 5.73 Å². The Bertz CT molecular complexity index is 270. The predicted molar refractivity (Wildman–Crippen MR) is 53.3 cm³/mol. The summed E-state index contributed by atoms with van der Waals surface area (Å²) in [6.07, 6.45) is 5.05. The zero-order valence-electron chi connectivity index (χ0n) is 8.29. The maximum absolute atomic E-state index is 11.4. The highest BCUT2D eigenvalue weighted by Crippen LogP contribution is 1.95. The van der Waals surface area contributed by atoms with Crippen molar-refractivity contribution in [3.05, 3.63) is 18.0 Å². The van der Waals surface area contributed by atoms with Crippen LogP contribution in [0.1, 0.15) is 25.3 Å². The summed E-state index contributed by atoms with van der Waals surface area (Å²) in [6.45, 7) is 2.48. The molecule has 0 bridgehead atoms. The molecule has 0 radical (unpaired) electrons. The van der Waals surface area contributed by atoms with Gasteiger partial charge in [0.2, 0.25) is 5.91 Å². The van der Waals surface area contributed by atoms with Gasteiger partial charge in [-0.05, 0) is 6.42 Å². The van der Waals surface area contributed by atoms with Gasteiger partial charge < -0.3 is 11.1 Å². The van der Waals surface area contributed by atoms with E-state index in [1.807, 2.05) is 6.92 Å². The lowest BCUT2D eigenvalue weighted by atomic mass is 10.1. The quantitative estimate of drug-likeness (QED) is 0.627. The van der Waals surface area contributed by atoms with Crippen molar-refractivity contribution < 1.29 is 4.79 Å². The van der Waals surface area contributed by atoms with Crippen LogP contribution in [-0.2, 0) is 11.3 Å². The third-order valence-electron chi connectivity index (χ3n) is 1.96. The van der Waals surface area contributed by atoms with Crippen LogP contribution in [0.15, 0.2) is 12.4 Å². The molecule has 0 spiro atoms. The van der Waals surface area contributed by atoms with E-state index >= 15 is 0 Å². The zero-order valence-corrected chi connectivity index (χ0v) is 8.29. The number of hydrogen-bond donors (Lipinski definition) is 3. The minimum absolute atomic E-state index is 0.104. The van der Waals surface area contributed by atoms with Crippen LogP contribution < -0.4 is 11.1 Å². The number of nitrogens with one attached hydrogen (secondary N) is 2. The maximum Gasteiger partial charge on any atom is 0.237 e. The fourth-order valence-electron chi connectivity index (χ4n) is 1.14. The fraction of sp³-hybridized carbons (Fsp3) is 0.556. The molecule has 0 aliphatic carbocycles. The highest BCUT2D eigenvalue weighted by molar-refractivity contribution is 5.81. The maximum atomic E-state index is 11.4. The molecule has 0 aliphatic rings. The first-order chi connectivity index (χ1) is 6.74. The summed E-state index contributed by atoms with van der Waals surface area (Å²) in [4.78, 5) is 11.4. The van der Waals surface area contributed by atoms with Gasteiger partial charge in [-0.25, -0.2) is 0 Å². The molecular weight excluding hydrogens is 180 g/mol. The third kappa shape index (κ3) is 3.18. The molecule has 1 aromatic rings. The molecule has 0 saturated carbocycles. The lowest BCUT2D eigenvalue weighted by Gasteiger charge is -2.09. The molecule has 1 rings (SSSR count). The summed E-state index contributed by atoms with van der Waals surface area (Å²) in [5, 5.41) is 9.19. The Morgan fingerprint density at radius 2 is 2.57 bits per heavy atom. The number of H-pyrrole nitrogens is 1. The van der Waals surface area contributed by atoms with E-state index in [1.54, 1.807) is 12.4 Å². The first-order valence-corrected chi connectivity index (χ1v) is 4.75. The average molecular weight is 196 g/mol. The van der Waals surface area contributed by atoms with Gasteiger partial charge in [0.1, 0.15) is 0 Å². The average Bonchev–Trinajstić information content (AvgIpc) is 2.67. The van der Waals surface area contributed by atoms with E-state index in [0.29, 0.717) is 6.54 Å². The van der Waals surface area contributed by atoms with Gasteiger partial charge >= 0.3 is 0 Å². The van der Waals surface area contributed by atoms with Crippen LogP contribution in [0.25, 0.3) is 0 Å². The van der Waals surface area contributed by atoms with E-state index in [1.165, 1.54) is 0 Å². The molecule has 4 N–H and O–H groups in total. The van der Waals surface area contributed by atoms with Gasteiger partial charge in [0, 0.05) is 18.3 Å². The van der Waals surface area contributed by atoms with E-state index < -0.39 is 6.04 Å². The minimum Gasteiger partial charge on any atom is -0.351 e. The number of rotatable bonds is 5. The Morgan fingerprint density at radius 1 is 1.79 bits per heavy atom. The first-order valence-electron chi connectivity index (χ1n) is 4.75. The predicted octanol–water partition coefficient (Wildman–Crippen LogP) is 0.153. The number of carbonyl (C=O) groups excluding carboxylic acids is 1. The smallest absolute Gasteiger partial charge is 0.237 e. The van der Waals surface area contributed by atoms with Crippen LogP contribution in [0.3, 0.4) is 0 Å². The zero-order chi connectivity index (χ0) is 10.4. The Kier molecular flexibility index (Phi) is 4.12. The Balaban J connectivity index is 2.27. The van der Waals surface area contributed by atoms with Gasteiger partial charge in [-0.1, -0.05) is 13.3 Å². The third-order valence-corrected chi connectivity index (χ3v) is 1.96. The van der Waals surface area contributed by atoms with Crippen molar-refractivity contribution in [3.8, 4) is 0 Å². The lowest BCUT2D eigenvalue weighted by molar-refractivity contribution is -0.122. The molecule has 1 aromatic heterocycles. The molecule has 5 heteroatoms. The number of amides is 1. The second-order valence-corrected chi connectivity index (χ2v) is 3.22. The molecule has 0 fully saturated rings. The van der Waals surface area contributed by atoms with Crippen LogP contribution in [0, 0.1) is 0 Å². The molecular formula is C9H16N4O. The minimum atomic E-state index is -0.396. The lowest BCUT2D eigenvalue weighted by Crippen LogP contribution is -2.39. The highest BCUT2D eigenvalue weighted by atomic mass is 16.2. The van der Waals surface area contributed by atoms with Crippen LogP contribution >= 0.6 is 0 Å². The SMILES string of the molecule is CCC[C@H](N)C(=O)NCc1cn[nH]c1. The monoisotopic (exact) mass is 196 g/mol. The summed E-state index contributed by atoms with van der Waals surface area (Å²) in [5.41, 5.74) is 6.58. The summed E-state index contributed by atoms with van der Waals surface area (Å²) < 4.78 is 0. The van der Waals surface area contributed by atoms with Gasteiger partial charge in [0.05, 0.1) is 12.2 Å². The molecule has 5 nitrogen and oxygen atoms in total. The summed E-state index contributed by atoms with van der Waals surface area (Å²) >= 11 is 0. The second kappa shape index (κ2) is 5.39. The second-order valence-electron chi connectivity index (χ2n) is 3.22. The van der Waals surface area contributed by atoms with Gasteiger partial charge in [0.25, 0.3) is 0 Å². The first kappa shape index (κ1) is 10.7. The van der Waals surface area contributed by atoms with Gasteiger partial charge in [-0.3, -0.25) is 9.89 Å². The molecule has 78 valence electrons. The topological polar surface area (TPSA) is 83.8 Å². The van der Waals surface area contributed by atoms with Crippen LogP contribution in [0.4, 0.5) is 0 Å². The normalized spacial score (nSPS) is 12.4. The van der Waals surface area contributed by atoms with E-state index in [-0.39, 0.29) is 5.91 Å². The molecule has 14 heavy (non-hydrogen) atoms. The molecule has 1 atom stereocenters. The van der Waals surface area contributed by atoms with Crippen molar-refractivity contribution in [2.45, 2.75) is 32.4 Å². The van der Waals surface area contributed by atoms with E-state index in [2.05, 4.69) is 15.5 Å². The summed E-state index contributed by atoms with van der Waals surface area (Å²) in [6, 6.07) is -0.396. The number of hydrogen-bond acceptors (Lipinski definition) is 3. The standard InChI is InChI=1S/C9H16N4O/c1-2-3-8(10)9(14)11-4-7-5-12-13-6-7/h5-6,8H,2-4,10H2,1H3,(H,11,14)(H,12,13)/t8-/m0/s1. The fourth-order valence-corrected chi connectivity index (χ4v) is 1.14. The highest BCUT2D eigenvalue weighted by Gasteiger charge is 2.11. The summed E-state index contributed by atoms with van der Waals surface area (Å²) in [5.74, 6) is -0.104. The molecule has 1 heterocycles. The Labute approximate surface area is 83.1 Å². The van der Waals surface area contributed by atoms with E-state index in [0.717, 1.165) is 18.4 Å². The van der Waals surface area contributed by atoms with Crippen molar-refractivity contribution in [1.82, 2.24) is 15.5 Å². The molecule has 0 saturated heterocycles. The number of carbonyl (C=O) groups is 1. The van der Waals surface area contributed by atoms with Crippen molar-refractivity contribution >= 4 is 5.91 Å². The molecule has 0 unspecified atom stereocenters. The molecule has 0 aromatic carbocycles. The molecule has 0 aliphatic heterocycles. The van der Waals surface area contributed by atoms with Crippen molar-refractivity contribution in [2.75, 3.05) is 0 Å². The number of nitrogens with two attached hydrogens (primary N) is 1. The Morgan fingerprint density at radius 3 is 3.14 bits per heavy atom. The largest absolute Gasteiger partial charge is 0.351 e. The molecule has 1 amide bonds. The van der Waals surface area contributed by atoms with Crippen LogP contribution in [0.2, 0.25) is 0 Å². The summed E-state index contributed by atoms with van der Waals surface area (Å²) in [7, 11) is 0. The Hall–Kier alpha value is -1.36. The number of aromatic nitrogens is 2. The van der Waals surface area contributed by atoms with Crippen molar-refractivity contribution in [1.29, 1.82) is 0 Å². The van der Waals surface area contributed by atoms with Gasteiger partial charge in [-0.15, -0.1) is 0 Å². The van der Waals surface area contributed by atoms with Gasteiger partial charge in [-0.2, -0.15) is 5.10 Å². The van der Waals surface area contributed by atoms with Crippen LogP contribution in [0.5, 0.6) is 0 Å². The number of nitrogens with zero attached hydrogens (tertiary/aromatic N) is 1. The van der Waals surface area contributed by atoms with Gasteiger partial charge in [0.15, 0.2) is 0 Å². The van der Waals surface area contributed by atoms with Crippen LogP contribution in [-0.4, -0.2) is 22.1 Å². The van der Waals surface area contributed by atoms with Crippen molar-refractivity contribution in [3.63, 3.8) is 0 Å². The van der Waals surface area contributed by atoms with E-state index in [9.17, 15) is 4.79 Å². The number of aromatic amines is 1.